The molecule has 1 aromatic rings. The van der Waals surface area contributed by atoms with Gasteiger partial charge < -0.3 is 0 Å². The van der Waals surface area contributed by atoms with E-state index in [2.05, 4.69) is 59.7 Å². The summed E-state index contributed by atoms with van der Waals surface area (Å²) in [6, 6.07) is 6.94. The molecule has 21 heavy (non-hydrogen) atoms. The van der Waals surface area contributed by atoms with Crippen LogP contribution in [0.5, 0.6) is 0 Å². The van der Waals surface area contributed by atoms with E-state index in [1.54, 1.807) is 0 Å². The van der Waals surface area contributed by atoms with Gasteiger partial charge in [-0.25, -0.2) is 0 Å². The van der Waals surface area contributed by atoms with Crippen LogP contribution in [0.4, 0.5) is 0 Å². The number of unbranched alkanes of at least 4 members (excludes halogenated alkanes) is 1. The molecule has 0 aliphatic heterocycles. The van der Waals surface area contributed by atoms with Gasteiger partial charge in [0, 0.05) is 0 Å². The number of hydrogen-bond acceptors (Lipinski definition) is 0. The summed E-state index contributed by atoms with van der Waals surface area (Å²) in [5, 5.41) is 0.153. The van der Waals surface area contributed by atoms with E-state index in [-0.39, 0.29) is 5.38 Å². The van der Waals surface area contributed by atoms with Gasteiger partial charge in [-0.1, -0.05) is 79.0 Å². The van der Waals surface area contributed by atoms with E-state index in [0.29, 0.717) is 17.8 Å². The van der Waals surface area contributed by atoms with Crippen molar-refractivity contribution in [1.29, 1.82) is 0 Å². The number of hydrogen-bond donors (Lipinski definition) is 0. The summed E-state index contributed by atoms with van der Waals surface area (Å²) in [4.78, 5) is 0. The van der Waals surface area contributed by atoms with E-state index in [1.807, 2.05) is 0 Å². The highest BCUT2D eigenvalue weighted by molar-refractivity contribution is 6.21. The average Bonchev–Trinajstić information content (AvgIpc) is 2.46. The van der Waals surface area contributed by atoms with E-state index in [0.717, 1.165) is 6.42 Å². The molecule has 0 spiro atoms. The molecule has 1 rings (SSSR count). The number of rotatable bonds is 8. The maximum absolute atomic E-state index is 6.89. The molecule has 0 aliphatic carbocycles. The molecule has 0 bridgehead atoms. The number of benzene rings is 1. The normalized spacial score (nSPS) is 14.7. The summed E-state index contributed by atoms with van der Waals surface area (Å²) >= 11 is 6.89. The molecule has 0 amide bonds. The van der Waals surface area contributed by atoms with E-state index in [1.165, 1.54) is 36.0 Å². The molecule has 0 saturated heterocycles. The molecule has 0 fully saturated rings. The van der Waals surface area contributed by atoms with E-state index in [9.17, 15) is 0 Å². The lowest BCUT2D eigenvalue weighted by atomic mass is 9.84. The van der Waals surface area contributed by atoms with Gasteiger partial charge in [0.25, 0.3) is 0 Å². The molecule has 0 nitrogen and oxygen atoms in total. The first-order valence-electron chi connectivity index (χ1n) is 8.70. The minimum Gasteiger partial charge on any atom is -0.118 e. The molecular weight excluding hydrogens is 276 g/mol. The molecule has 0 aliphatic rings. The number of halogens is 1. The third kappa shape index (κ3) is 5.02. The van der Waals surface area contributed by atoms with Crippen molar-refractivity contribution in [2.24, 2.45) is 5.92 Å². The molecule has 0 heterocycles. The quantitative estimate of drug-likeness (QED) is 0.438. The fourth-order valence-corrected chi connectivity index (χ4v) is 3.48. The molecule has 120 valence electrons. The highest BCUT2D eigenvalue weighted by Gasteiger charge is 2.23. The summed E-state index contributed by atoms with van der Waals surface area (Å²) in [6.07, 6.45) is 4.94. The van der Waals surface area contributed by atoms with Gasteiger partial charge in [0.2, 0.25) is 0 Å². The van der Waals surface area contributed by atoms with Crippen molar-refractivity contribution in [3.8, 4) is 0 Å². The lowest BCUT2D eigenvalue weighted by Gasteiger charge is -2.25. The van der Waals surface area contributed by atoms with Crippen LogP contribution in [-0.4, -0.2) is 0 Å². The molecule has 0 saturated carbocycles. The van der Waals surface area contributed by atoms with Gasteiger partial charge in [0.1, 0.15) is 0 Å². The SMILES string of the molecule is CCCCC(CC)C(Cl)c1ccc(C(C)C)cc1C(C)C. The first kappa shape index (κ1) is 18.6. The molecule has 0 radical (unpaired) electrons. The second-order valence-corrected chi connectivity index (χ2v) is 7.38. The van der Waals surface area contributed by atoms with Gasteiger partial charge in [-0.2, -0.15) is 0 Å². The van der Waals surface area contributed by atoms with Crippen molar-refractivity contribution < 1.29 is 0 Å². The monoisotopic (exact) mass is 308 g/mol. The predicted octanol–water partition coefficient (Wildman–Crippen LogP) is 7.43. The smallest absolute Gasteiger partial charge is 0.0616 e. The number of alkyl halides is 1. The summed E-state index contributed by atoms with van der Waals surface area (Å²) in [5.74, 6) is 1.70. The first-order chi connectivity index (χ1) is 9.92. The summed E-state index contributed by atoms with van der Waals surface area (Å²) in [7, 11) is 0. The molecule has 2 unspecified atom stereocenters. The van der Waals surface area contributed by atoms with Crippen molar-refractivity contribution in [3.05, 3.63) is 34.9 Å². The fraction of sp³-hybridized carbons (Fsp3) is 0.700. The maximum Gasteiger partial charge on any atom is 0.0616 e. The van der Waals surface area contributed by atoms with Crippen LogP contribution in [0, 0.1) is 5.92 Å². The summed E-state index contributed by atoms with van der Waals surface area (Å²) < 4.78 is 0. The second kappa shape index (κ2) is 8.83. The van der Waals surface area contributed by atoms with Gasteiger partial charge in [-0.05, 0) is 40.9 Å². The second-order valence-electron chi connectivity index (χ2n) is 6.91. The Morgan fingerprint density at radius 1 is 0.952 bits per heavy atom. The topological polar surface area (TPSA) is 0 Å². The molecule has 1 heteroatoms. The van der Waals surface area contributed by atoms with Crippen LogP contribution in [0.25, 0.3) is 0 Å². The van der Waals surface area contributed by atoms with Gasteiger partial charge in [-0.3, -0.25) is 0 Å². The van der Waals surface area contributed by atoms with Crippen LogP contribution >= 0.6 is 11.6 Å². The molecule has 2 atom stereocenters. The minimum absolute atomic E-state index is 0.153. The minimum atomic E-state index is 0.153. The Morgan fingerprint density at radius 3 is 2.10 bits per heavy atom. The Kier molecular flexibility index (Phi) is 7.81. The highest BCUT2D eigenvalue weighted by Crippen LogP contribution is 2.39. The van der Waals surface area contributed by atoms with Crippen molar-refractivity contribution in [2.75, 3.05) is 0 Å². The zero-order chi connectivity index (χ0) is 16.0. The van der Waals surface area contributed by atoms with Crippen molar-refractivity contribution >= 4 is 11.6 Å². The average molecular weight is 309 g/mol. The van der Waals surface area contributed by atoms with Crippen molar-refractivity contribution in [3.63, 3.8) is 0 Å². The zero-order valence-electron chi connectivity index (χ0n) is 14.7. The lowest BCUT2D eigenvalue weighted by molar-refractivity contribution is 0.435. The first-order valence-corrected chi connectivity index (χ1v) is 9.13. The van der Waals surface area contributed by atoms with Gasteiger partial charge >= 0.3 is 0 Å². The zero-order valence-corrected chi connectivity index (χ0v) is 15.5. The van der Waals surface area contributed by atoms with Gasteiger partial charge in [-0.15, -0.1) is 11.6 Å². The highest BCUT2D eigenvalue weighted by atomic mass is 35.5. The third-order valence-corrected chi connectivity index (χ3v) is 5.15. The Balaban J connectivity index is 3.09. The Morgan fingerprint density at radius 2 is 1.62 bits per heavy atom. The predicted molar refractivity (Wildman–Crippen MR) is 96.5 cm³/mol. The van der Waals surface area contributed by atoms with Crippen molar-refractivity contribution in [1.82, 2.24) is 0 Å². The largest absolute Gasteiger partial charge is 0.118 e. The van der Waals surface area contributed by atoms with Crippen LogP contribution in [0.3, 0.4) is 0 Å². The third-order valence-electron chi connectivity index (χ3n) is 4.56. The molecule has 0 aromatic heterocycles. The van der Waals surface area contributed by atoms with E-state index < -0.39 is 0 Å². The standard InChI is InChI=1S/C20H33Cl/c1-7-9-10-16(8-2)20(21)18-12-11-17(14(3)4)13-19(18)15(5)6/h11-16,20H,7-10H2,1-6H3. The van der Waals surface area contributed by atoms with Gasteiger partial charge in [0.15, 0.2) is 0 Å². The summed E-state index contributed by atoms with van der Waals surface area (Å²) in [6.45, 7) is 13.6. The maximum atomic E-state index is 6.89. The van der Waals surface area contributed by atoms with Crippen LogP contribution in [0.15, 0.2) is 18.2 Å². The van der Waals surface area contributed by atoms with Crippen LogP contribution in [0.2, 0.25) is 0 Å². The Hall–Kier alpha value is -0.490. The molecular formula is C20H33Cl. The van der Waals surface area contributed by atoms with Crippen LogP contribution in [-0.2, 0) is 0 Å². The summed E-state index contributed by atoms with van der Waals surface area (Å²) in [5.41, 5.74) is 4.23. The Bertz CT molecular complexity index is 420. The van der Waals surface area contributed by atoms with Crippen molar-refractivity contribution in [2.45, 2.75) is 84.4 Å². The van der Waals surface area contributed by atoms with Crippen LogP contribution in [0.1, 0.15) is 101 Å². The Labute approximate surface area is 137 Å². The van der Waals surface area contributed by atoms with E-state index in [4.69, 9.17) is 11.6 Å². The van der Waals surface area contributed by atoms with E-state index >= 15 is 0 Å². The van der Waals surface area contributed by atoms with Crippen LogP contribution < -0.4 is 0 Å². The molecule has 0 N–H and O–H groups in total. The van der Waals surface area contributed by atoms with Gasteiger partial charge in [0.05, 0.1) is 5.38 Å². The molecule has 1 aromatic carbocycles. The fourth-order valence-electron chi connectivity index (χ4n) is 2.98. The lowest BCUT2D eigenvalue weighted by Crippen LogP contribution is -2.11.